The van der Waals surface area contributed by atoms with Crippen LogP contribution in [0.2, 0.25) is 0 Å². The number of aliphatic hydroxyl groups is 4. The number of aromatic nitrogens is 1. The molecule has 0 radical (unpaired) electrons. The predicted octanol–water partition coefficient (Wildman–Crippen LogP) is 2.63. The van der Waals surface area contributed by atoms with Crippen LogP contribution in [0.25, 0.3) is 10.6 Å². The SMILES string of the molecule is OC[C@H]1S[C@@H](c2cccc(Cc3ccc(-c4ccccn4)s3)c2)[C@H](O)[C@@H](O)[C@@H]1O. The molecule has 0 spiro atoms. The van der Waals surface area contributed by atoms with Crippen LogP contribution in [-0.4, -0.2) is 55.6 Å². The molecular formula is C22H23NO4S2. The molecule has 1 fully saturated rings. The highest BCUT2D eigenvalue weighted by atomic mass is 32.2. The molecule has 5 nitrogen and oxygen atoms in total. The summed E-state index contributed by atoms with van der Waals surface area (Å²) in [5.74, 6) is 0. The predicted molar refractivity (Wildman–Crippen MR) is 116 cm³/mol. The molecule has 152 valence electrons. The van der Waals surface area contributed by atoms with Gasteiger partial charge in [0.1, 0.15) is 6.10 Å². The lowest BCUT2D eigenvalue weighted by Gasteiger charge is -2.39. The Balaban J connectivity index is 1.53. The quantitative estimate of drug-likeness (QED) is 0.498. The van der Waals surface area contributed by atoms with Gasteiger partial charge in [-0.3, -0.25) is 4.98 Å². The number of thioether (sulfide) groups is 1. The van der Waals surface area contributed by atoms with Crippen LogP contribution in [0, 0.1) is 0 Å². The summed E-state index contributed by atoms with van der Waals surface area (Å²) in [6.07, 6.45) is -0.967. The van der Waals surface area contributed by atoms with Gasteiger partial charge in [0.25, 0.3) is 0 Å². The largest absolute Gasteiger partial charge is 0.395 e. The number of hydrogen-bond acceptors (Lipinski definition) is 7. The van der Waals surface area contributed by atoms with Gasteiger partial charge in [-0.2, -0.15) is 0 Å². The zero-order valence-corrected chi connectivity index (χ0v) is 17.3. The van der Waals surface area contributed by atoms with Gasteiger partial charge in [-0.1, -0.05) is 30.3 Å². The number of benzene rings is 1. The molecule has 1 aliphatic rings. The highest BCUT2D eigenvalue weighted by Gasteiger charge is 2.43. The van der Waals surface area contributed by atoms with Gasteiger partial charge in [0.2, 0.25) is 0 Å². The summed E-state index contributed by atoms with van der Waals surface area (Å²) < 4.78 is 0. The van der Waals surface area contributed by atoms with E-state index in [-0.39, 0.29) is 6.61 Å². The molecule has 1 aromatic carbocycles. The third-order valence-electron chi connectivity index (χ3n) is 5.13. The first-order valence-corrected chi connectivity index (χ1v) is 11.2. The van der Waals surface area contributed by atoms with Crippen LogP contribution in [-0.2, 0) is 6.42 Å². The van der Waals surface area contributed by atoms with Gasteiger partial charge in [-0.05, 0) is 35.4 Å². The second-order valence-corrected chi connectivity index (χ2v) is 9.71. The summed E-state index contributed by atoms with van der Waals surface area (Å²) in [6, 6.07) is 18.0. The van der Waals surface area contributed by atoms with E-state index in [1.165, 1.54) is 16.6 Å². The van der Waals surface area contributed by atoms with Crippen molar-refractivity contribution in [2.45, 2.75) is 35.2 Å². The van der Waals surface area contributed by atoms with Crippen LogP contribution in [0.5, 0.6) is 0 Å². The molecule has 2 aromatic heterocycles. The number of pyridine rings is 1. The average Bonchev–Trinajstić information content (AvgIpc) is 3.22. The van der Waals surface area contributed by atoms with Gasteiger partial charge in [0, 0.05) is 17.5 Å². The lowest BCUT2D eigenvalue weighted by molar-refractivity contribution is -0.0700. The number of rotatable bonds is 5. The molecule has 4 rings (SSSR count). The molecule has 0 aliphatic carbocycles. The summed E-state index contributed by atoms with van der Waals surface area (Å²) in [5, 5.41) is 39.2. The Labute approximate surface area is 177 Å². The first-order valence-electron chi connectivity index (χ1n) is 9.46. The highest BCUT2D eigenvalue weighted by molar-refractivity contribution is 8.00. The van der Waals surface area contributed by atoms with E-state index in [1.54, 1.807) is 17.5 Å². The number of nitrogens with zero attached hydrogens (tertiary/aromatic N) is 1. The van der Waals surface area contributed by atoms with Crippen molar-refractivity contribution < 1.29 is 20.4 Å². The maximum atomic E-state index is 10.5. The van der Waals surface area contributed by atoms with E-state index in [9.17, 15) is 20.4 Å². The van der Waals surface area contributed by atoms with E-state index in [4.69, 9.17) is 0 Å². The maximum Gasteiger partial charge on any atom is 0.108 e. The van der Waals surface area contributed by atoms with Crippen molar-refractivity contribution >= 4 is 23.1 Å². The molecule has 7 heteroatoms. The Morgan fingerprint density at radius 1 is 0.897 bits per heavy atom. The number of thiophene rings is 1. The zero-order chi connectivity index (χ0) is 20.4. The van der Waals surface area contributed by atoms with E-state index < -0.39 is 28.8 Å². The summed E-state index contributed by atoms with van der Waals surface area (Å²) in [7, 11) is 0. The van der Waals surface area contributed by atoms with Gasteiger partial charge in [-0.15, -0.1) is 23.1 Å². The molecule has 29 heavy (non-hydrogen) atoms. The third kappa shape index (κ3) is 4.40. The van der Waals surface area contributed by atoms with Crippen molar-refractivity contribution in [1.29, 1.82) is 0 Å². The van der Waals surface area contributed by atoms with Crippen molar-refractivity contribution in [2.24, 2.45) is 0 Å². The summed E-state index contributed by atoms with van der Waals surface area (Å²) in [5.41, 5.74) is 2.94. The molecule has 1 saturated heterocycles. The van der Waals surface area contributed by atoms with Crippen LogP contribution in [0.4, 0.5) is 0 Å². The van der Waals surface area contributed by atoms with Crippen molar-refractivity contribution in [3.8, 4) is 10.6 Å². The van der Waals surface area contributed by atoms with Crippen LogP contribution < -0.4 is 0 Å². The number of aliphatic hydroxyl groups excluding tert-OH is 4. The van der Waals surface area contributed by atoms with E-state index in [2.05, 4.69) is 17.1 Å². The van der Waals surface area contributed by atoms with Gasteiger partial charge >= 0.3 is 0 Å². The topological polar surface area (TPSA) is 93.8 Å². The normalized spacial score (nSPS) is 27.1. The molecule has 1 aliphatic heterocycles. The Morgan fingerprint density at radius 3 is 2.52 bits per heavy atom. The second-order valence-electron chi connectivity index (χ2n) is 7.15. The maximum absolute atomic E-state index is 10.5. The smallest absolute Gasteiger partial charge is 0.108 e. The third-order valence-corrected chi connectivity index (χ3v) is 7.86. The second kappa shape index (κ2) is 8.95. The highest BCUT2D eigenvalue weighted by Crippen LogP contribution is 2.43. The molecule has 0 bridgehead atoms. The van der Waals surface area contributed by atoms with Gasteiger partial charge in [0.15, 0.2) is 0 Å². The standard InChI is InChI=1S/C22H23NO4S2/c24-12-18-19(25)20(26)21(27)22(29-18)14-5-3-4-13(10-14)11-15-7-8-17(28-15)16-6-1-2-9-23-16/h1-10,18-22,24-27H,11-12H2/t18-,19-,20+,21-,22+/m1/s1. The first-order chi connectivity index (χ1) is 14.1. The Kier molecular flexibility index (Phi) is 6.34. The van der Waals surface area contributed by atoms with E-state index >= 15 is 0 Å². The fraction of sp³-hybridized carbons (Fsp3) is 0.318. The van der Waals surface area contributed by atoms with Crippen molar-refractivity contribution in [1.82, 2.24) is 4.98 Å². The summed E-state index contributed by atoms with van der Waals surface area (Å²) >= 11 is 3.01. The van der Waals surface area contributed by atoms with Crippen LogP contribution >= 0.6 is 23.1 Å². The molecule has 4 N–H and O–H groups in total. The van der Waals surface area contributed by atoms with E-state index in [0.717, 1.165) is 28.1 Å². The monoisotopic (exact) mass is 429 g/mol. The summed E-state index contributed by atoms with van der Waals surface area (Å²) in [6.45, 7) is -0.253. The van der Waals surface area contributed by atoms with Crippen molar-refractivity contribution in [2.75, 3.05) is 6.61 Å². The van der Waals surface area contributed by atoms with Gasteiger partial charge in [0.05, 0.1) is 39.9 Å². The summed E-state index contributed by atoms with van der Waals surface area (Å²) in [4.78, 5) is 6.73. The fourth-order valence-corrected chi connectivity index (χ4v) is 6.01. The van der Waals surface area contributed by atoms with Crippen LogP contribution in [0.15, 0.2) is 60.8 Å². The lowest BCUT2D eigenvalue weighted by atomic mass is 9.95. The molecule has 5 atom stereocenters. The minimum absolute atomic E-state index is 0.253. The Hall–Kier alpha value is -1.74. The molecular weight excluding hydrogens is 406 g/mol. The molecule has 0 saturated carbocycles. The minimum Gasteiger partial charge on any atom is -0.395 e. The molecule has 0 amide bonds. The van der Waals surface area contributed by atoms with Gasteiger partial charge in [-0.25, -0.2) is 0 Å². The molecule has 0 unspecified atom stereocenters. The van der Waals surface area contributed by atoms with Crippen molar-refractivity contribution in [3.63, 3.8) is 0 Å². The van der Waals surface area contributed by atoms with Crippen molar-refractivity contribution in [3.05, 3.63) is 76.8 Å². The van der Waals surface area contributed by atoms with Crippen LogP contribution in [0.1, 0.15) is 21.3 Å². The lowest BCUT2D eigenvalue weighted by Crippen LogP contribution is -2.51. The fourth-order valence-electron chi connectivity index (χ4n) is 3.58. The first kappa shape index (κ1) is 20.5. The Bertz CT molecular complexity index is 947. The van der Waals surface area contributed by atoms with E-state index in [0.29, 0.717) is 0 Å². The average molecular weight is 430 g/mol. The minimum atomic E-state index is -1.28. The zero-order valence-electron chi connectivity index (χ0n) is 15.6. The van der Waals surface area contributed by atoms with Crippen LogP contribution in [0.3, 0.4) is 0 Å². The molecule has 3 heterocycles. The van der Waals surface area contributed by atoms with Gasteiger partial charge < -0.3 is 20.4 Å². The Morgan fingerprint density at radius 2 is 1.76 bits per heavy atom. The van der Waals surface area contributed by atoms with E-state index in [1.807, 2.05) is 42.5 Å². The molecule has 3 aromatic rings. The number of hydrogen-bond donors (Lipinski definition) is 4.